The molecule has 1 aromatic heterocycles. The second-order valence-electron chi connectivity index (χ2n) is 5.78. The van der Waals surface area contributed by atoms with Gasteiger partial charge >= 0.3 is 0 Å². The van der Waals surface area contributed by atoms with Crippen molar-refractivity contribution < 1.29 is 0 Å². The van der Waals surface area contributed by atoms with E-state index in [9.17, 15) is 0 Å². The monoisotopic (exact) mass is 364 g/mol. The molecule has 1 saturated heterocycles. The van der Waals surface area contributed by atoms with Gasteiger partial charge in [0.25, 0.3) is 0 Å². The average Bonchev–Trinajstić information content (AvgIpc) is 2.96. The molecule has 6 nitrogen and oxygen atoms in total. The van der Waals surface area contributed by atoms with Gasteiger partial charge < -0.3 is 0 Å². The molecule has 0 spiro atoms. The Morgan fingerprint density at radius 2 is 1.82 bits per heavy atom. The summed E-state index contributed by atoms with van der Waals surface area (Å²) in [6.07, 6.45) is 0. The Labute approximate surface area is 139 Å². The van der Waals surface area contributed by atoms with Gasteiger partial charge in [0.15, 0.2) is 5.82 Å². The summed E-state index contributed by atoms with van der Waals surface area (Å²) in [7, 11) is 1.90. The maximum atomic E-state index is 4.13. The maximum Gasteiger partial charge on any atom is 0.167 e. The molecular formula is C15H21BrN6. The van der Waals surface area contributed by atoms with Crippen molar-refractivity contribution in [2.24, 2.45) is 7.05 Å². The van der Waals surface area contributed by atoms with E-state index < -0.39 is 0 Å². The molecule has 0 aliphatic carbocycles. The summed E-state index contributed by atoms with van der Waals surface area (Å²) in [5.74, 6) is 0.932. The molecule has 0 amide bonds. The number of hydrogen-bond acceptors (Lipinski definition) is 5. The van der Waals surface area contributed by atoms with Crippen molar-refractivity contribution >= 4 is 15.9 Å². The average molecular weight is 365 g/mol. The van der Waals surface area contributed by atoms with Gasteiger partial charge in [-0.2, -0.15) is 0 Å². The number of nitrogens with zero attached hydrogens (tertiary/aromatic N) is 6. The molecular weight excluding hydrogens is 344 g/mol. The van der Waals surface area contributed by atoms with Crippen LogP contribution in [0.5, 0.6) is 0 Å². The van der Waals surface area contributed by atoms with Crippen LogP contribution in [0.25, 0.3) is 0 Å². The molecule has 22 heavy (non-hydrogen) atoms. The second-order valence-corrected chi connectivity index (χ2v) is 6.69. The Morgan fingerprint density at radius 3 is 2.41 bits per heavy atom. The molecule has 2 aromatic rings. The predicted octanol–water partition coefficient (Wildman–Crippen LogP) is 1.85. The first-order valence-electron chi connectivity index (χ1n) is 7.56. The number of aromatic nitrogens is 4. The van der Waals surface area contributed by atoms with Crippen LogP contribution in [0.3, 0.4) is 0 Å². The van der Waals surface area contributed by atoms with Crippen molar-refractivity contribution in [3.05, 3.63) is 40.1 Å². The highest BCUT2D eigenvalue weighted by Gasteiger charge is 2.24. The van der Waals surface area contributed by atoms with Crippen molar-refractivity contribution in [1.82, 2.24) is 30.0 Å². The van der Waals surface area contributed by atoms with Gasteiger partial charge in [-0.25, -0.2) is 4.68 Å². The molecule has 0 saturated carbocycles. The number of halogens is 1. The van der Waals surface area contributed by atoms with Crippen molar-refractivity contribution in [2.45, 2.75) is 19.5 Å². The zero-order valence-corrected chi connectivity index (χ0v) is 14.6. The quantitative estimate of drug-likeness (QED) is 0.828. The third kappa shape index (κ3) is 3.53. The van der Waals surface area contributed by atoms with E-state index in [0.717, 1.165) is 43.0 Å². The Balaban J connectivity index is 1.54. The fourth-order valence-corrected chi connectivity index (χ4v) is 3.17. The lowest BCUT2D eigenvalue weighted by molar-refractivity contribution is 0.0933. The molecule has 1 atom stereocenters. The van der Waals surface area contributed by atoms with E-state index in [1.54, 1.807) is 4.68 Å². The van der Waals surface area contributed by atoms with Crippen molar-refractivity contribution in [1.29, 1.82) is 0 Å². The molecule has 1 aliphatic heterocycles. The van der Waals surface area contributed by atoms with E-state index in [0.29, 0.717) is 0 Å². The molecule has 3 rings (SSSR count). The lowest BCUT2D eigenvalue weighted by Crippen LogP contribution is -2.47. The molecule has 1 aliphatic rings. The van der Waals surface area contributed by atoms with Gasteiger partial charge in [-0.1, -0.05) is 28.1 Å². The standard InChI is InChI=1S/C15H21BrN6/c1-12(15-17-18-19-20(15)2)22-9-7-21(8-10-22)11-13-3-5-14(16)6-4-13/h3-6,12H,7-11H2,1-2H3/t12-/m0/s1. The Hall–Kier alpha value is -1.31. The highest BCUT2D eigenvalue weighted by molar-refractivity contribution is 9.10. The van der Waals surface area contributed by atoms with Crippen LogP contribution in [0.2, 0.25) is 0 Å². The fraction of sp³-hybridized carbons (Fsp3) is 0.533. The first-order valence-corrected chi connectivity index (χ1v) is 8.36. The molecule has 1 fully saturated rings. The van der Waals surface area contributed by atoms with Crippen LogP contribution in [-0.4, -0.2) is 56.2 Å². The van der Waals surface area contributed by atoms with E-state index in [1.807, 2.05) is 7.05 Å². The zero-order chi connectivity index (χ0) is 15.5. The number of aryl methyl sites for hydroxylation is 1. The minimum Gasteiger partial charge on any atom is -0.297 e. The maximum absolute atomic E-state index is 4.13. The molecule has 7 heteroatoms. The normalized spacial score (nSPS) is 18.5. The first kappa shape index (κ1) is 15.6. The smallest absolute Gasteiger partial charge is 0.167 e. The first-order chi connectivity index (χ1) is 10.6. The Bertz CT molecular complexity index is 603. The topological polar surface area (TPSA) is 50.1 Å². The number of piperazine rings is 1. The van der Waals surface area contributed by atoms with Gasteiger partial charge in [0, 0.05) is 44.2 Å². The summed E-state index contributed by atoms with van der Waals surface area (Å²) < 4.78 is 2.89. The highest BCUT2D eigenvalue weighted by Crippen LogP contribution is 2.19. The summed E-state index contributed by atoms with van der Waals surface area (Å²) in [5, 5.41) is 11.8. The summed E-state index contributed by atoms with van der Waals surface area (Å²) in [6.45, 7) is 7.43. The fourth-order valence-electron chi connectivity index (χ4n) is 2.91. The van der Waals surface area contributed by atoms with E-state index in [1.165, 1.54) is 5.56 Å². The van der Waals surface area contributed by atoms with Crippen LogP contribution < -0.4 is 0 Å². The zero-order valence-electron chi connectivity index (χ0n) is 13.0. The molecule has 2 heterocycles. The number of hydrogen-bond donors (Lipinski definition) is 0. The molecule has 0 unspecified atom stereocenters. The van der Waals surface area contributed by atoms with Gasteiger partial charge in [-0.15, -0.1) is 5.10 Å². The number of benzene rings is 1. The van der Waals surface area contributed by atoms with Crippen LogP contribution in [0.15, 0.2) is 28.7 Å². The Kier molecular flexibility index (Phi) is 4.85. The third-order valence-corrected chi connectivity index (χ3v) is 4.83. The molecule has 0 N–H and O–H groups in total. The second kappa shape index (κ2) is 6.85. The van der Waals surface area contributed by atoms with E-state index in [2.05, 4.69) is 72.4 Å². The van der Waals surface area contributed by atoms with Gasteiger partial charge in [0.1, 0.15) is 0 Å². The van der Waals surface area contributed by atoms with Crippen LogP contribution in [0.4, 0.5) is 0 Å². The summed E-state index contributed by atoms with van der Waals surface area (Å²) in [4.78, 5) is 4.95. The van der Waals surface area contributed by atoms with E-state index in [-0.39, 0.29) is 6.04 Å². The van der Waals surface area contributed by atoms with Crippen LogP contribution in [0, 0.1) is 0 Å². The van der Waals surface area contributed by atoms with Gasteiger partial charge in [-0.05, 0) is 35.0 Å². The minimum absolute atomic E-state index is 0.259. The molecule has 0 bridgehead atoms. The van der Waals surface area contributed by atoms with Gasteiger partial charge in [0.2, 0.25) is 0 Å². The van der Waals surface area contributed by atoms with Crippen LogP contribution in [0.1, 0.15) is 24.4 Å². The summed E-state index contributed by atoms with van der Waals surface area (Å²) in [5.41, 5.74) is 1.36. The van der Waals surface area contributed by atoms with E-state index >= 15 is 0 Å². The SMILES string of the molecule is C[C@@H](c1nnnn1C)N1CCN(Cc2ccc(Br)cc2)CC1. The molecule has 0 radical (unpaired) electrons. The lowest BCUT2D eigenvalue weighted by Gasteiger charge is -2.37. The third-order valence-electron chi connectivity index (χ3n) is 4.30. The van der Waals surface area contributed by atoms with Crippen LogP contribution >= 0.6 is 15.9 Å². The van der Waals surface area contributed by atoms with E-state index in [4.69, 9.17) is 0 Å². The Morgan fingerprint density at radius 1 is 1.14 bits per heavy atom. The van der Waals surface area contributed by atoms with Gasteiger partial charge in [0.05, 0.1) is 6.04 Å². The largest absolute Gasteiger partial charge is 0.297 e. The minimum atomic E-state index is 0.259. The lowest BCUT2D eigenvalue weighted by atomic mass is 10.1. The number of rotatable bonds is 4. The summed E-state index contributed by atoms with van der Waals surface area (Å²) in [6, 6.07) is 8.84. The van der Waals surface area contributed by atoms with Crippen molar-refractivity contribution in [2.75, 3.05) is 26.2 Å². The molecule has 118 valence electrons. The van der Waals surface area contributed by atoms with Crippen LogP contribution in [-0.2, 0) is 13.6 Å². The molecule has 1 aromatic carbocycles. The van der Waals surface area contributed by atoms with Crippen molar-refractivity contribution in [3.63, 3.8) is 0 Å². The van der Waals surface area contributed by atoms with Gasteiger partial charge in [-0.3, -0.25) is 9.80 Å². The number of tetrazole rings is 1. The highest BCUT2D eigenvalue weighted by atomic mass is 79.9. The predicted molar refractivity (Wildman–Crippen MR) is 88.2 cm³/mol. The summed E-state index contributed by atoms with van der Waals surface area (Å²) >= 11 is 3.48. The van der Waals surface area contributed by atoms with Crippen molar-refractivity contribution in [3.8, 4) is 0 Å².